The maximum atomic E-state index is 13.5. The number of fused-ring (bicyclic) bond motifs is 1. The topological polar surface area (TPSA) is 67.2 Å². The van der Waals surface area contributed by atoms with Gasteiger partial charge in [0.05, 0.1) is 16.6 Å². The summed E-state index contributed by atoms with van der Waals surface area (Å²) in [7, 11) is 0. The Morgan fingerprint density at radius 1 is 0.938 bits per heavy atom. The van der Waals surface area contributed by atoms with Crippen molar-refractivity contribution < 1.29 is 4.79 Å². The summed E-state index contributed by atoms with van der Waals surface area (Å²) in [5, 5.41) is 3.41. The summed E-state index contributed by atoms with van der Waals surface area (Å²) in [5.41, 5.74) is 2.62. The van der Waals surface area contributed by atoms with Crippen LogP contribution in [0.4, 0.5) is 5.95 Å². The summed E-state index contributed by atoms with van der Waals surface area (Å²) >= 11 is 0. The van der Waals surface area contributed by atoms with Crippen LogP contribution in [0.2, 0.25) is 0 Å². The van der Waals surface area contributed by atoms with Gasteiger partial charge in [0, 0.05) is 25.2 Å². The Balaban J connectivity index is 1.76. The SMILES string of the molecule is CCN(CC)c1nc2cc(C(=O)NCc3ccccc3)ccc2c(=O)n1-c1ccccc1. The Morgan fingerprint density at radius 2 is 1.59 bits per heavy atom. The van der Waals surface area contributed by atoms with Crippen molar-refractivity contribution in [2.24, 2.45) is 0 Å². The lowest BCUT2D eigenvalue weighted by molar-refractivity contribution is 0.0951. The van der Waals surface area contributed by atoms with Gasteiger partial charge in [-0.1, -0.05) is 48.5 Å². The molecule has 4 aromatic rings. The summed E-state index contributed by atoms with van der Waals surface area (Å²) in [6.45, 7) is 5.91. The molecule has 0 fully saturated rings. The molecule has 32 heavy (non-hydrogen) atoms. The fourth-order valence-electron chi connectivity index (χ4n) is 3.72. The van der Waals surface area contributed by atoms with E-state index in [1.807, 2.05) is 79.4 Å². The number of carbonyl (C=O) groups excluding carboxylic acids is 1. The molecule has 1 heterocycles. The molecule has 0 aliphatic heterocycles. The molecule has 4 rings (SSSR count). The molecule has 6 heteroatoms. The van der Waals surface area contributed by atoms with Crippen LogP contribution in [0, 0.1) is 0 Å². The number of hydrogen-bond donors (Lipinski definition) is 1. The number of aromatic nitrogens is 2. The van der Waals surface area contributed by atoms with E-state index >= 15 is 0 Å². The quantitative estimate of drug-likeness (QED) is 0.482. The standard InChI is InChI=1S/C26H26N4O2/c1-3-29(4-2)26-28-23-17-20(24(31)27-18-19-11-7-5-8-12-19)15-16-22(23)25(32)30(26)21-13-9-6-10-14-21/h5-17H,3-4,18H2,1-2H3,(H,27,31). The van der Waals surface area contributed by atoms with Crippen molar-refractivity contribution in [3.05, 3.63) is 100 Å². The molecule has 162 valence electrons. The maximum Gasteiger partial charge on any atom is 0.267 e. The van der Waals surface area contributed by atoms with Crippen molar-refractivity contribution in [2.45, 2.75) is 20.4 Å². The fraction of sp³-hybridized carbons (Fsp3) is 0.192. The highest BCUT2D eigenvalue weighted by atomic mass is 16.1. The molecule has 1 amide bonds. The van der Waals surface area contributed by atoms with Gasteiger partial charge in [-0.15, -0.1) is 0 Å². The van der Waals surface area contributed by atoms with Gasteiger partial charge in [-0.3, -0.25) is 9.59 Å². The molecule has 0 bridgehead atoms. The molecule has 3 aromatic carbocycles. The van der Waals surface area contributed by atoms with Crippen molar-refractivity contribution >= 4 is 22.8 Å². The minimum absolute atomic E-state index is 0.153. The molecule has 0 unspecified atom stereocenters. The summed E-state index contributed by atoms with van der Waals surface area (Å²) in [4.78, 5) is 33.1. The minimum Gasteiger partial charge on any atom is -0.348 e. The van der Waals surface area contributed by atoms with E-state index in [9.17, 15) is 9.59 Å². The zero-order chi connectivity index (χ0) is 22.5. The second-order valence-corrected chi connectivity index (χ2v) is 7.46. The fourth-order valence-corrected chi connectivity index (χ4v) is 3.72. The van der Waals surface area contributed by atoms with E-state index in [1.165, 1.54) is 0 Å². The molecule has 0 atom stereocenters. The van der Waals surface area contributed by atoms with E-state index in [4.69, 9.17) is 4.98 Å². The average molecular weight is 427 g/mol. The van der Waals surface area contributed by atoms with E-state index in [0.29, 0.717) is 42.0 Å². The molecule has 0 aliphatic rings. The molecule has 6 nitrogen and oxygen atoms in total. The number of hydrogen-bond acceptors (Lipinski definition) is 4. The van der Waals surface area contributed by atoms with Crippen LogP contribution in [0.3, 0.4) is 0 Å². The highest BCUT2D eigenvalue weighted by Gasteiger charge is 2.18. The van der Waals surface area contributed by atoms with Gasteiger partial charge in [0.15, 0.2) is 0 Å². The van der Waals surface area contributed by atoms with Gasteiger partial charge >= 0.3 is 0 Å². The van der Waals surface area contributed by atoms with Crippen molar-refractivity contribution in [2.75, 3.05) is 18.0 Å². The summed E-state index contributed by atoms with van der Waals surface area (Å²) in [5.74, 6) is 0.370. The first-order valence-electron chi connectivity index (χ1n) is 10.8. The first-order valence-corrected chi connectivity index (χ1v) is 10.8. The largest absolute Gasteiger partial charge is 0.348 e. The molecular weight excluding hydrogens is 400 g/mol. The molecule has 0 spiro atoms. The number of carbonyl (C=O) groups is 1. The van der Waals surface area contributed by atoms with E-state index < -0.39 is 0 Å². The van der Waals surface area contributed by atoms with Crippen molar-refractivity contribution in [1.82, 2.24) is 14.9 Å². The Labute approximate surface area is 187 Å². The van der Waals surface area contributed by atoms with E-state index in [1.54, 1.807) is 22.8 Å². The first kappa shape index (κ1) is 21.3. The second-order valence-electron chi connectivity index (χ2n) is 7.46. The van der Waals surface area contributed by atoms with Crippen LogP contribution in [0.5, 0.6) is 0 Å². The van der Waals surface area contributed by atoms with Gasteiger partial charge in [0.25, 0.3) is 11.5 Å². The number of rotatable bonds is 7. The van der Waals surface area contributed by atoms with Crippen LogP contribution in [0.1, 0.15) is 29.8 Å². The molecule has 0 aliphatic carbocycles. The van der Waals surface area contributed by atoms with Crippen molar-refractivity contribution in [1.29, 1.82) is 0 Å². The lowest BCUT2D eigenvalue weighted by Crippen LogP contribution is -2.32. The number of para-hydroxylation sites is 1. The molecule has 1 aromatic heterocycles. The maximum absolute atomic E-state index is 13.5. The van der Waals surface area contributed by atoms with Crippen LogP contribution in [0.15, 0.2) is 83.7 Å². The second kappa shape index (κ2) is 9.47. The summed E-state index contributed by atoms with van der Waals surface area (Å²) < 4.78 is 1.64. The smallest absolute Gasteiger partial charge is 0.267 e. The minimum atomic E-state index is -0.200. The molecule has 1 N–H and O–H groups in total. The summed E-state index contributed by atoms with van der Waals surface area (Å²) in [6, 6.07) is 24.3. The Bertz CT molecular complexity index is 1280. The zero-order valence-corrected chi connectivity index (χ0v) is 18.3. The zero-order valence-electron chi connectivity index (χ0n) is 18.3. The number of benzene rings is 3. The predicted octanol–water partition coefficient (Wildman–Crippen LogP) is 4.16. The first-order chi connectivity index (χ1) is 15.6. The number of nitrogens with one attached hydrogen (secondary N) is 1. The lowest BCUT2D eigenvalue weighted by Gasteiger charge is -2.24. The van der Waals surface area contributed by atoms with Gasteiger partial charge in [-0.2, -0.15) is 0 Å². The van der Waals surface area contributed by atoms with Gasteiger partial charge in [-0.05, 0) is 49.7 Å². The number of amides is 1. The van der Waals surface area contributed by atoms with E-state index in [0.717, 1.165) is 11.3 Å². The predicted molar refractivity (Wildman–Crippen MR) is 129 cm³/mol. The van der Waals surface area contributed by atoms with Crippen LogP contribution in [-0.4, -0.2) is 28.5 Å². The molecule has 0 saturated heterocycles. The van der Waals surface area contributed by atoms with Crippen molar-refractivity contribution in [3.8, 4) is 5.69 Å². The van der Waals surface area contributed by atoms with Crippen LogP contribution >= 0.6 is 0 Å². The third-order valence-electron chi connectivity index (χ3n) is 5.47. The Morgan fingerprint density at radius 3 is 2.25 bits per heavy atom. The average Bonchev–Trinajstić information content (AvgIpc) is 2.84. The highest BCUT2D eigenvalue weighted by Crippen LogP contribution is 2.20. The van der Waals surface area contributed by atoms with Gasteiger partial charge < -0.3 is 10.2 Å². The Kier molecular flexibility index (Phi) is 6.31. The van der Waals surface area contributed by atoms with Crippen LogP contribution < -0.4 is 15.8 Å². The monoisotopic (exact) mass is 426 g/mol. The van der Waals surface area contributed by atoms with Crippen LogP contribution in [-0.2, 0) is 6.54 Å². The normalized spacial score (nSPS) is 10.8. The van der Waals surface area contributed by atoms with Gasteiger partial charge in [0.2, 0.25) is 5.95 Å². The summed E-state index contributed by atoms with van der Waals surface area (Å²) in [6.07, 6.45) is 0. The third-order valence-corrected chi connectivity index (χ3v) is 5.47. The lowest BCUT2D eigenvalue weighted by atomic mass is 10.1. The third kappa shape index (κ3) is 4.25. The number of anilines is 1. The number of nitrogens with zero attached hydrogens (tertiary/aromatic N) is 3. The molecule has 0 saturated carbocycles. The van der Waals surface area contributed by atoms with Crippen LogP contribution in [0.25, 0.3) is 16.6 Å². The van der Waals surface area contributed by atoms with Crippen molar-refractivity contribution in [3.63, 3.8) is 0 Å². The van der Waals surface area contributed by atoms with E-state index in [-0.39, 0.29) is 11.5 Å². The Hall–Kier alpha value is -3.93. The van der Waals surface area contributed by atoms with Gasteiger partial charge in [-0.25, -0.2) is 9.55 Å². The van der Waals surface area contributed by atoms with Gasteiger partial charge in [0.1, 0.15) is 0 Å². The highest BCUT2D eigenvalue weighted by molar-refractivity contribution is 5.97. The van der Waals surface area contributed by atoms with E-state index in [2.05, 4.69) is 5.32 Å². The molecule has 0 radical (unpaired) electrons. The molecular formula is C26H26N4O2.